The van der Waals surface area contributed by atoms with Gasteiger partial charge in [-0.2, -0.15) is 4.31 Å². The summed E-state index contributed by atoms with van der Waals surface area (Å²) in [4.78, 5) is 12.4. The van der Waals surface area contributed by atoms with Crippen molar-refractivity contribution in [1.82, 2.24) is 9.62 Å². The number of sulfonamides is 1. The molecule has 1 N–H and O–H groups in total. The molecule has 1 saturated heterocycles. The van der Waals surface area contributed by atoms with Gasteiger partial charge >= 0.3 is 0 Å². The van der Waals surface area contributed by atoms with Crippen molar-refractivity contribution in [2.75, 3.05) is 19.6 Å². The molecular weight excluding hydrogens is 364 g/mol. The number of carbonyl (C=O) groups excluding carboxylic acids is 1. The third-order valence-corrected chi connectivity index (χ3v) is 6.89. The van der Waals surface area contributed by atoms with Crippen LogP contribution in [0.25, 0.3) is 0 Å². The lowest BCUT2D eigenvalue weighted by Crippen LogP contribution is -2.39. The molecule has 6 nitrogen and oxygen atoms in total. The molecule has 1 aliphatic heterocycles. The van der Waals surface area contributed by atoms with Crippen LogP contribution in [-0.4, -0.2) is 38.3 Å². The largest absolute Gasteiger partial charge is 0.469 e. The maximum atomic E-state index is 12.7. The Bertz CT molecular complexity index is 837. The van der Waals surface area contributed by atoms with Crippen LogP contribution >= 0.6 is 0 Å². The lowest BCUT2D eigenvalue weighted by molar-refractivity contribution is -0.122. The SMILES string of the molecule is Cc1ccc(S(=O)(=O)N2CCC(CC(=O)NCCc3ccco3)CC2)cc1. The Morgan fingerprint density at radius 3 is 2.52 bits per heavy atom. The molecule has 2 heterocycles. The number of benzene rings is 1. The number of nitrogens with zero attached hydrogens (tertiary/aromatic N) is 1. The molecule has 27 heavy (non-hydrogen) atoms. The van der Waals surface area contributed by atoms with Crippen LogP contribution in [0.5, 0.6) is 0 Å². The molecule has 3 rings (SSSR count). The Kier molecular flexibility index (Phi) is 6.34. The summed E-state index contributed by atoms with van der Waals surface area (Å²) < 4.78 is 32.2. The molecule has 2 aromatic rings. The van der Waals surface area contributed by atoms with Crippen molar-refractivity contribution in [1.29, 1.82) is 0 Å². The van der Waals surface area contributed by atoms with Gasteiger partial charge in [0.15, 0.2) is 0 Å². The first-order valence-electron chi connectivity index (χ1n) is 9.31. The van der Waals surface area contributed by atoms with Gasteiger partial charge in [0.1, 0.15) is 5.76 Å². The zero-order valence-corrected chi connectivity index (χ0v) is 16.4. The van der Waals surface area contributed by atoms with Gasteiger partial charge in [-0.3, -0.25) is 4.79 Å². The Hall–Kier alpha value is -2.12. The summed E-state index contributed by atoms with van der Waals surface area (Å²) in [5, 5.41) is 2.91. The monoisotopic (exact) mass is 390 g/mol. The zero-order valence-electron chi connectivity index (χ0n) is 15.6. The molecule has 1 aliphatic rings. The standard InChI is InChI=1S/C20H26N2O4S/c1-16-4-6-19(7-5-16)27(24,25)22-12-9-17(10-13-22)15-20(23)21-11-8-18-3-2-14-26-18/h2-7,14,17H,8-13,15H2,1H3,(H,21,23). The van der Waals surface area contributed by atoms with E-state index < -0.39 is 10.0 Å². The van der Waals surface area contributed by atoms with E-state index in [0.717, 1.165) is 11.3 Å². The van der Waals surface area contributed by atoms with E-state index in [4.69, 9.17) is 4.42 Å². The highest BCUT2D eigenvalue weighted by atomic mass is 32.2. The fourth-order valence-electron chi connectivity index (χ4n) is 3.33. The fourth-order valence-corrected chi connectivity index (χ4v) is 4.80. The molecule has 0 aliphatic carbocycles. The molecule has 1 fully saturated rings. The van der Waals surface area contributed by atoms with Crippen LogP contribution < -0.4 is 5.32 Å². The van der Waals surface area contributed by atoms with Crippen molar-refractivity contribution in [3.8, 4) is 0 Å². The van der Waals surface area contributed by atoms with E-state index in [-0.39, 0.29) is 11.8 Å². The summed E-state index contributed by atoms with van der Waals surface area (Å²) in [7, 11) is -3.45. The lowest BCUT2D eigenvalue weighted by atomic mass is 9.94. The maximum Gasteiger partial charge on any atom is 0.243 e. The number of aryl methyl sites for hydroxylation is 1. The smallest absolute Gasteiger partial charge is 0.243 e. The van der Waals surface area contributed by atoms with E-state index >= 15 is 0 Å². The predicted octanol–water partition coefficient (Wildman–Crippen LogP) is 2.74. The summed E-state index contributed by atoms with van der Waals surface area (Å²) in [5.41, 5.74) is 1.03. The van der Waals surface area contributed by atoms with E-state index in [9.17, 15) is 13.2 Å². The fraction of sp³-hybridized carbons (Fsp3) is 0.450. The molecule has 0 saturated carbocycles. The molecule has 0 bridgehead atoms. The molecule has 0 radical (unpaired) electrons. The lowest BCUT2D eigenvalue weighted by Gasteiger charge is -2.31. The molecule has 0 spiro atoms. The van der Waals surface area contributed by atoms with Gasteiger partial charge in [0.25, 0.3) is 0 Å². The number of carbonyl (C=O) groups is 1. The van der Waals surface area contributed by atoms with E-state index in [2.05, 4.69) is 5.32 Å². The van der Waals surface area contributed by atoms with Crippen LogP contribution in [0.1, 0.15) is 30.6 Å². The van der Waals surface area contributed by atoms with Crippen LogP contribution in [0, 0.1) is 12.8 Å². The average Bonchev–Trinajstić information content (AvgIpc) is 3.16. The third kappa shape index (κ3) is 5.20. The molecular formula is C20H26N2O4S. The number of hydrogen-bond donors (Lipinski definition) is 1. The first kappa shape index (κ1) is 19.6. The minimum Gasteiger partial charge on any atom is -0.469 e. The van der Waals surface area contributed by atoms with E-state index in [0.29, 0.717) is 50.2 Å². The Balaban J connectivity index is 1.44. The van der Waals surface area contributed by atoms with E-state index in [1.165, 1.54) is 4.31 Å². The van der Waals surface area contributed by atoms with Crippen LogP contribution in [0.15, 0.2) is 52.0 Å². The number of hydrogen-bond acceptors (Lipinski definition) is 4. The summed E-state index contributed by atoms with van der Waals surface area (Å²) in [6.45, 7) is 3.40. The van der Waals surface area contributed by atoms with Crippen LogP contribution in [0.4, 0.5) is 0 Å². The molecule has 0 unspecified atom stereocenters. The highest BCUT2D eigenvalue weighted by Crippen LogP contribution is 2.25. The zero-order chi connectivity index (χ0) is 19.3. The second-order valence-electron chi connectivity index (χ2n) is 7.04. The number of nitrogens with one attached hydrogen (secondary N) is 1. The minimum absolute atomic E-state index is 0.0152. The Labute approximate surface area is 160 Å². The maximum absolute atomic E-state index is 12.7. The van der Waals surface area contributed by atoms with E-state index in [1.54, 1.807) is 18.4 Å². The summed E-state index contributed by atoms with van der Waals surface area (Å²) >= 11 is 0. The van der Waals surface area contributed by atoms with Gasteiger partial charge in [0.05, 0.1) is 11.2 Å². The molecule has 1 aromatic heterocycles. The molecule has 146 valence electrons. The predicted molar refractivity (Wildman–Crippen MR) is 103 cm³/mol. The number of rotatable bonds is 7. The first-order chi connectivity index (χ1) is 12.9. The second-order valence-corrected chi connectivity index (χ2v) is 8.98. The number of amides is 1. The average molecular weight is 391 g/mol. The second kappa shape index (κ2) is 8.71. The van der Waals surface area contributed by atoms with Gasteiger partial charge in [-0.1, -0.05) is 17.7 Å². The van der Waals surface area contributed by atoms with Crippen molar-refractivity contribution >= 4 is 15.9 Å². The van der Waals surface area contributed by atoms with Crippen molar-refractivity contribution in [3.05, 3.63) is 54.0 Å². The van der Waals surface area contributed by atoms with Crippen molar-refractivity contribution in [2.45, 2.75) is 37.5 Å². The van der Waals surface area contributed by atoms with Gasteiger partial charge in [-0.15, -0.1) is 0 Å². The third-order valence-electron chi connectivity index (χ3n) is 4.98. The van der Waals surface area contributed by atoms with E-state index in [1.807, 2.05) is 31.2 Å². The summed E-state index contributed by atoms with van der Waals surface area (Å²) in [6, 6.07) is 10.7. The highest BCUT2D eigenvalue weighted by molar-refractivity contribution is 7.89. The Morgan fingerprint density at radius 1 is 1.19 bits per heavy atom. The van der Waals surface area contributed by atoms with Gasteiger partial charge in [-0.05, 0) is 49.9 Å². The van der Waals surface area contributed by atoms with Gasteiger partial charge < -0.3 is 9.73 Å². The van der Waals surface area contributed by atoms with Crippen LogP contribution in [-0.2, 0) is 21.2 Å². The normalized spacial score (nSPS) is 16.3. The highest BCUT2D eigenvalue weighted by Gasteiger charge is 2.30. The van der Waals surface area contributed by atoms with Gasteiger partial charge in [0.2, 0.25) is 15.9 Å². The topological polar surface area (TPSA) is 79.6 Å². The van der Waals surface area contributed by atoms with Crippen LogP contribution in [0.2, 0.25) is 0 Å². The molecule has 1 amide bonds. The molecule has 7 heteroatoms. The summed E-state index contributed by atoms with van der Waals surface area (Å²) in [6.07, 6.45) is 4.14. The van der Waals surface area contributed by atoms with Crippen molar-refractivity contribution in [2.24, 2.45) is 5.92 Å². The minimum atomic E-state index is -3.45. The summed E-state index contributed by atoms with van der Waals surface area (Å²) in [5.74, 6) is 1.09. The van der Waals surface area contributed by atoms with Crippen molar-refractivity contribution < 1.29 is 17.6 Å². The molecule has 0 atom stereocenters. The van der Waals surface area contributed by atoms with Gasteiger partial charge in [0, 0.05) is 32.5 Å². The Morgan fingerprint density at radius 2 is 1.89 bits per heavy atom. The first-order valence-corrected chi connectivity index (χ1v) is 10.7. The molecule has 1 aromatic carbocycles. The number of furan rings is 1. The van der Waals surface area contributed by atoms with Crippen LogP contribution in [0.3, 0.4) is 0 Å². The van der Waals surface area contributed by atoms with Crippen molar-refractivity contribution in [3.63, 3.8) is 0 Å². The van der Waals surface area contributed by atoms with Gasteiger partial charge in [-0.25, -0.2) is 8.42 Å². The quantitative estimate of drug-likeness (QED) is 0.788. The number of piperidine rings is 1.